The predicted molar refractivity (Wildman–Crippen MR) is 89.9 cm³/mol. The van der Waals surface area contributed by atoms with E-state index in [9.17, 15) is 0 Å². The van der Waals surface area contributed by atoms with Crippen LogP contribution >= 0.6 is 11.6 Å². The van der Waals surface area contributed by atoms with Crippen LogP contribution in [0.4, 0.5) is 5.82 Å². The number of halogens is 1. The Labute approximate surface area is 132 Å². The van der Waals surface area contributed by atoms with Crippen LogP contribution < -0.4 is 10.2 Å². The van der Waals surface area contributed by atoms with E-state index >= 15 is 0 Å². The number of hydrogen-bond acceptors (Lipinski definition) is 3. The molecule has 0 aliphatic rings. The third-order valence-electron chi connectivity index (χ3n) is 3.70. The summed E-state index contributed by atoms with van der Waals surface area (Å²) in [5.41, 5.74) is 2.43. The summed E-state index contributed by atoms with van der Waals surface area (Å²) in [6.45, 7) is 6.06. The molecule has 4 heteroatoms. The van der Waals surface area contributed by atoms with E-state index in [4.69, 9.17) is 11.6 Å². The summed E-state index contributed by atoms with van der Waals surface area (Å²) in [5, 5.41) is 4.13. The maximum Gasteiger partial charge on any atom is 0.133 e. The smallest absolute Gasteiger partial charge is 0.133 e. The first-order chi connectivity index (χ1) is 10.1. The van der Waals surface area contributed by atoms with Crippen molar-refractivity contribution < 1.29 is 0 Å². The highest BCUT2D eigenvalue weighted by Crippen LogP contribution is 2.27. The normalized spacial score (nSPS) is 12.2. The van der Waals surface area contributed by atoms with Crippen LogP contribution in [0.25, 0.3) is 0 Å². The molecular formula is C17H22ClN3. The maximum absolute atomic E-state index is 5.96. The molecule has 1 heterocycles. The van der Waals surface area contributed by atoms with Crippen molar-refractivity contribution >= 4 is 17.4 Å². The molecule has 0 spiro atoms. The van der Waals surface area contributed by atoms with Gasteiger partial charge in [-0.05, 0) is 37.2 Å². The SMILES string of the molecule is CCNCc1cccnc1N(C)C(C)c1ccc(Cl)cc1. The molecule has 0 fully saturated rings. The first-order valence-corrected chi connectivity index (χ1v) is 7.64. The van der Waals surface area contributed by atoms with Crippen molar-refractivity contribution in [3.05, 3.63) is 58.7 Å². The number of benzene rings is 1. The summed E-state index contributed by atoms with van der Waals surface area (Å²) in [4.78, 5) is 6.76. The second-order valence-corrected chi connectivity index (χ2v) is 5.54. The van der Waals surface area contributed by atoms with E-state index in [0.717, 1.165) is 23.9 Å². The van der Waals surface area contributed by atoms with Crippen LogP contribution in [0.2, 0.25) is 5.02 Å². The van der Waals surface area contributed by atoms with Gasteiger partial charge in [-0.3, -0.25) is 0 Å². The Hall–Kier alpha value is -1.58. The number of rotatable bonds is 6. The fourth-order valence-corrected chi connectivity index (χ4v) is 2.42. The van der Waals surface area contributed by atoms with Crippen LogP contribution in [0.3, 0.4) is 0 Å². The molecule has 3 nitrogen and oxygen atoms in total. The Morgan fingerprint density at radius 3 is 2.62 bits per heavy atom. The Morgan fingerprint density at radius 2 is 1.95 bits per heavy atom. The summed E-state index contributed by atoms with van der Waals surface area (Å²) in [5.74, 6) is 1.01. The minimum Gasteiger partial charge on any atom is -0.353 e. The molecular weight excluding hydrogens is 282 g/mol. The number of aromatic nitrogens is 1. The highest BCUT2D eigenvalue weighted by Gasteiger charge is 2.16. The van der Waals surface area contributed by atoms with Gasteiger partial charge in [0.1, 0.15) is 5.82 Å². The minimum atomic E-state index is 0.234. The van der Waals surface area contributed by atoms with Gasteiger partial charge in [0.2, 0.25) is 0 Å². The predicted octanol–water partition coefficient (Wildman–Crippen LogP) is 4.04. The van der Waals surface area contributed by atoms with Gasteiger partial charge < -0.3 is 10.2 Å². The summed E-state index contributed by atoms with van der Waals surface area (Å²) >= 11 is 5.96. The lowest BCUT2D eigenvalue weighted by Crippen LogP contribution is -2.25. The van der Waals surface area contributed by atoms with E-state index in [1.165, 1.54) is 11.1 Å². The van der Waals surface area contributed by atoms with Gasteiger partial charge in [-0.2, -0.15) is 0 Å². The van der Waals surface area contributed by atoms with Crippen molar-refractivity contribution in [2.24, 2.45) is 0 Å². The molecule has 21 heavy (non-hydrogen) atoms. The number of anilines is 1. The molecule has 1 unspecified atom stereocenters. The standard InChI is InChI=1S/C17H22ClN3/c1-4-19-12-15-6-5-11-20-17(15)21(3)13(2)14-7-9-16(18)10-8-14/h5-11,13,19H,4,12H2,1-3H3. The van der Waals surface area contributed by atoms with Gasteiger partial charge >= 0.3 is 0 Å². The Morgan fingerprint density at radius 1 is 1.24 bits per heavy atom. The average Bonchev–Trinajstić information content (AvgIpc) is 2.52. The Kier molecular flexibility index (Phi) is 5.59. The van der Waals surface area contributed by atoms with Crippen molar-refractivity contribution in [1.29, 1.82) is 0 Å². The van der Waals surface area contributed by atoms with Crippen LogP contribution in [-0.4, -0.2) is 18.6 Å². The number of hydrogen-bond donors (Lipinski definition) is 1. The van der Waals surface area contributed by atoms with Crippen molar-refractivity contribution in [1.82, 2.24) is 10.3 Å². The maximum atomic E-state index is 5.96. The lowest BCUT2D eigenvalue weighted by atomic mass is 10.1. The molecule has 1 aromatic carbocycles. The second kappa shape index (κ2) is 7.43. The van der Waals surface area contributed by atoms with Gasteiger partial charge in [-0.15, -0.1) is 0 Å². The van der Waals surface area contributed by atoms with Gasteiger partial charge in [0.25, 0.3) is 0 Å². The molecule has 1 atom stereocenters. The fraction of sp³-hybridized carbons (Fsp3) is 0.353. The average molecular weight is 304 g/mol. The zero-order chi connectivity index (χ0) is 15.2. The van der Waals surface area contributed by atoms with Gasteiger partial charge in [-0.25, -0.2) is 4.98 Å². The zero-order valence-corrected chi connectivity index (χ0v) is 13.6. The first kappa shape index (κ1) is 15.8. The molecule has 112 valence electrons. The molecule has 0 bridgehead atoms. The molecule has 0 saturated heterocycles. The number of pyridine rings is 1. The van der Waals surface area contributed by atoms with E-state index in [-0.39, 0.29) is 6.04 Å². The lowest BCUT2D eigenvalue weighted by molar-refractivity contribution is 0.694. The van der Waals surface area contributed by atoms with Crippen molar-refractivity contribution in [3.8, 4) is 0 Å². The zero-order valence-electron chi connectivity index (χ0n) is 12.8. The fourth-order valence-electron chi connectivity index (χ4n) is 2.29. The van der Waals surface area contributed by atoms with E-state index in [0.29, 0.717) is 0 Å². The van der Waals surface area contributed by atoms with Gasteiger partial charge in [0.15, 0.2) is 0 Å². The third kappa shape index (κ3) is 3.96. The minimum absolute atomic E-state index is 0.234. The molecule has 1 aromatic heterocycles. The highest BCUT2D eigenvalue weighted by molar-refractivity contribution is 6.30. The topological polar surface area (TPSA) is 28.2 Å². The van der Waals surface area contributed by atoms with Crippen LogP contribution in [0.15, 0.2) is 42.6 Å². The molecule has 0 amide bonds. The molecule has 0 aliphatic carbocycles. The molecule has 0 radical (unpaired) electrons. The highest BCUT2D eigenvalue weighted by atomic mass is 35.5. The quantitative estimate of drug-likeness (QED) is 0.873. The van der Waals surface area contributed by atoms with Crippen LogP contribution in [0, 0.1) is 0 Å². The van der Waals surface area contributed by atoms with Crippen molar-refractivity contribution in [2.45, 2.75) is 26.4 Å². The monoisotopic (exact) mass is 303 g/mol. The first-order valence-electron chi connectivity index (χ1n) is 7.26. The third-order valence-corrected chi connectivity index (χ3v) is 3.95. The van der Waals surface area contributed by atoms with E-state index in [2.05, 4.69) is 54.3 Å². The summed E-state index contributed by atoms with van der Waals surface area (Å²) in [6, 6.07) is 12.3. The Bertz CT molecular complexity index is 569. The molecule has 1 N–H and O–H groups in total. The molecule has 2 aromatic rings. The lowest BCUT2D eigenvalue weighted by Gasteiger charge is -2.28. The molecule has 2 rings (SSSR count). The summed E-state index contributed by atoms with van der Waals surface area (Å²) in [6.07, 6.45) is 1.84. The van der Waals surface area contributed by atoms with Gasteiger partial charge in [0.05, 0.1) is 6.04 Å². The molecule has 0 saturated carbocycles. The molecule has 0 aliphatic heterocycles. The van der Waals surface area contributed by atoms with Gasteiger partial charge in [-0.1, -0.05) is 36.7 Å². The second-order valence-electron chi connectivity index (χ2n) is 5.10. The summed E-state index contributed by atoms with van der Waals surface area (Å²) in [7, 11) is 2.08. The van der Waals surface area contributed by atoms with Crippen LogP contribution in [-0.2, 0) is 6.54 Å². The van der Waals surface area contributed by atoms with Crippen molar-refractivity contribution in [3.63, 3.8) is 0 Å². The van der Waals surface area contributed by atoms with E-state index in [1.54, 1.807) is 0 Å². The Balaban J connectivity index is 2.22. The van der Waals surface area contributed by atoms with E-state index in [1.807, 2.05) is 24.4 Å². The number of nitrogens with zero attached hydrogens (tertiary/aromatic N) is 2. The largest absolute Gasteiger partial charge is 0.353 e. The van der Waals surface area contributed by atoms with Crippen LogP contribution in [0.1, 0.15) is 31.0 Å². The van der Waals surface area contributed by atoms with E-state index < -0.39 is 0 Å². The summed E-state index contributed by atoms with van der Waals surface area (Å²) < 4.78 is 0. The van der Waals surface area contributed by atoms with Crippen LogP contribution in [0.5, 0.6) is 0 Å². The van der Waals surface area contributed by atoms with Gasteiger partial charge in [0, 0.05) is 30.4 Å². The number of nitrogens with one attached hydrogen (secondary N) is 1. The van der Waals surface area contributed by atoms with Crippen molar-refractivity contribution in [2.75, 3.05) is 18.5 Å².